The first-order chi connectivity index (χ1) is 10.1. The van der Waals surface area contributed by atoms with Crippen LogP contribution in [0.4, 0.5) is 5.69 Å². The van der Waals surface area contributed by atoms with Gasteiger partial charge >= 0.3 is 5.97 Å². The SMILES string of the molecule is O=C(O/N=C\c1ccc(Cl)cc1)c1cccc([N+](=O)[O-])c1. The van der Waals surface area contributed by atoms with Gasteiger partial charge < -0.3 is 4.84 Å². The number of carbonyl (C=O) groups excluding carboxylic acids is 1. The molecule has 0 bridgehead atoms. The molecule has 7 heteroatoms. The molecule has 106 valence electrons. The number of oxime groups is 1. The summed E-state index contributed by atoms with van der Waals surface area (Å²) in [4.78, 5) is 26.4. The third-order valence-electron chi connectivity index (χ3n) is 2.50. The standard InChI is InChI=1S/C14H9ClN2O4/c15-12-6-4-10(5-7-12)9-16-21-14(18)11-2-1-3-13(8-11)17(19)20/h1-9H/b16-9-. The van der Waals surface area contributed by atoms with Crippen LogP contribution < -0.4 is 0 Å². The summed E-state index contributed by atoms with van der Waals surface area (Å²) in [5.74, 6) is -0.774. The number of carbonyl (C=O) groups is 1. The maximum atomic E-state index is 11.7. The van der Waals surface area contributed by atoms with Gasteiger partial charge in [-0.2, -0.15) is 0 Å². The number of non-ortho nitro benzene ring substituents is 1. The second-order valence-electron chi connectivity index (χ2n) is 3.97. The summed E-state index contributed by atoms with van der Waals surface area (Å²) >= 11 is 5.73. The third kappa shape index (κ3) is 4.12. The largest absolute Gasteiger partial charge is 0.365 e. The van der Waals surface area contributed by atoms with Gasteiger partial charge in [0.05, 0.1) is 16.7 Å². The van der Waals surface area contributed by atoms with Gasteiger partial charge in [0.2, 0.25) is 0 Å². The van der Waals surface area contributed by atoms with E-state index in [2.05, 4.69) is 9.99 Å². The molecular formula is C14H9ClN2O4. The van der Waals surface area contributed by atoms with Crippen LogP contribution in [0.2, 0.25) is 5.02 Å². The zero-order chi connectivity index (χ0) is 15.2. The van der Waals surface area contributed by atoms with Gasteiger partial charge in [-0.3, -0.25) is 10.1 Å². The van der Waals surface area contributed by atoms with Crippen molar-refractivity contribution in [3.8, 4) is 0 Å². The van der Waals surface area contributed by atoms with Gasteiger partial charge in [0.15, 0.2) is 0 Å². The van der Waals surface area contributed by atoms with E-state index in [4.69, 9.17) is 11.6 Å². The van der Waals surface area contributed by atoms with Crippen molar-refractivity contribution in [1.29, 1.82) is 0 Å². The second kappa shape index (κ2) is 6.62. The van der Waals surface area contributed by atoms with E-state index in [9.17, 15) is 14.9 Å². The Kier molecular flexibility index (Phi) is 4.63. The molecule has 2 aromatic carbocycles. The van der Waals surface area contributed by atoms with E-state index in [0.717, 1.165) is 6.07 Å². The fourth-order valence-electron chi connectivity index (χ4n) is 1.48. The molecule has 0 N–H and O–H groups in total. The monoisotopic (exact) mass is 304 g/mol. The van der Waals surface area contributed by atoms with Gasteiger partial charge in [0.25, 0.3) is 5.69 Å². The lowest BCUT2D eigenvalue weighted by atomic mass is 10.2. The van der Waals surface area contributed by atoms with Gasteiger partial charge in [-0.05, 0) is 23.8 Å². The Morgan fingerprint density at radius 1 is 1.24 bits per heavy atom. The lowest BCUT2D eigenvalue weighted by Gasteiger charge is -1.98. The molecule has 0 aromatic heterocycles. The lowest BCUT2D eigenvalue weighted by molar-refractivity contribution is -0.384. The van der Waals surface area contributed by atoms with Gasteiger partial charge in [-0.15, -0.1) is 0 Å². The maximum absolute atomic E-state index is 11.7. The maximum Gasteiger partial charge on any atom is 0.365 e. The summed E-state index contributed by atoms with van der Waals surface area (Å²) in [5, 5.41) is 14.7. The van der Waals surface area contributed by atoms with E-state index in [1.165, 1.54) is 24.4 Å². The Balaban J connectivity index is 2.03. The molecule has 6 nitrogen and oxygen atoms in total. The van der Waals surface area contributed by atoms with Gasteiger partial charge in [-0.25, -0.2) is 4.79 Å². The highest BCUT2D eigenvalue weighted by Crippen LogP contribution is 2.14. The molecule has 0 spiro atoms. The number of rotatable bonds is 4. The number of benzene rings is 2. The Morgan fingerprint density at radius 2 is 1.95 bits per heavy atom. The Bertz CT molecular complexity index is 698. The molecule has 0 aliphatic rings. The summed E-state index contributed by atoms with van der Waals surface area (Å²) in [6.07, 6.45) is 1.34. The van der Waals surface area contributed by atoms with Crippen molar-refractivity contribution in [2.75, 3.05) is 0 Å². The highest BCUT2D eigenvalue weighted by Gasteiger charge is 2.12. The van der Waals surface area contributed by atoms with Crippen molar-refractivity contribution >= 4 is 29.5 Å². The molecule has 0 aliphatic carbocycles. The molecule has 0 radical (unpaired) electrons. The molecule has 0 atom stereocenters. The lowest BCUT2D eigenvalue weighted by Crippen LogP contribution is -2.02. The Hall–Kier alpha value is -2.73. The third-order valence-corrected chi connectivity index (χ3v) is 2.75. The number of hydrogen-bond acceptors (Lipinski definition) is 5. The summed E-state index contributed by atoms with van der Waals surface area (Å²) in [6, 6.07) is 12.0. The molecule has 21 heavy (non-hydrogen) atoms. The molecule has 0 amide bonds. The summed E-state index contributed by atoms with van der Waals surface area (Å²) < 4.78 is 0. The minimum Gasteiger partial charge on any atom is -0.313 e. The van der Waals surface area contributed by atoms with Crippen molar-refractivity contribution < 1.29 is 14.6 Å². The van der Waals surface area contributed by atoms with Crippen molar-refractivity contribution in [3.63, 3.8) is 0 Å². The van der Waals surface area contributed by atoms with Crippen LogP contribution in [0.5, 0.6) is 0 Å². The van der Waals surface area contributed by atoms with Crippen LogP contribution in [0, 0.1) is 10.1 Å². The number of nitro benzene ring substituents is 1. The number of nitrogens with zero attached hydrogens (tertiary/aromatic N) is 2. The van der Waals surface area contributed by atoms with Gasteiger partial charge in [0.1, 0.15) is 0 Å². The average molecular weight is 305 g/mol. The van der Waals surface area contributed by atoms with Gasteiger partial charge in [-0.1, -0.05) is 35.0 Å². The molecule has 2 aromatic rings. The zero-order valence-electron chi connectivity index (χ0n) is 10.6. The fourth-order valence-corrected chi connectivity index (χ4v) is 1.61. The number of hydrogen-bond donors (Lipinski definition) is 0. The topological polar surface area (TPSA) is 81.8 Å². The predicted molar refractivity (Wildman–Crippen MR) is 77.6 cm³/mol. The second-order valence-corrected chi connectivity index (χ2v) is 4.41. The molecule has 0 heterocycles. The molecule has 0 aliphatic heterocycles. The van der Waals surface area contributed by atoms with Gasteiger partial charge in [0, 0.05) is 17.2 Å². The molecule has 0 fully saturated rings. The number of halogens is 1. The predicted octanol–water partition coefficient (Wildman–Crippen LogP) is 3.44. The first-order valence-corrected chi connectivity index (χ1v) is 6.19. The van der Waals surface area contributed by atoms with Crippen molar-refractivity contribution in [1.82, 2.24) is 0 Å². The molecular weight excluding hydrogens is 296 g/mol. The summed E-state index contributed by atoms with van der Waals surface area (Å²) in [6.45, 7) is 0. The van der Waals surface area contributed by atoms with Crippen LogP contribution in [-0.4, -0.2) is 17.1 Å². The van der Waals surface area contributed by atoms with Crippen LogP contribution in [0.25, 0.3) is 0 Å². The van der Waals surface area contributed by atoms with Crippen molar-refractivity contribution in [2.45, 2.75) is 0 Å². The van der Waals surface area contributed by atoms with E-state index in [-0.39, 0.29) is 11.3 Å². The average Bonchev–Trinajstić information content (AvgIpc) is 2.49. The van der Waals surface area contributed by atoms with Crippen LogP contribution in [-0.2, 0) is 4.84 Å². The van der Waals surface area contributed by atoms with E-state index >= 15 is 0 Å². The minimum atomic E-state index is -0.774. The van der Waals surface area contributed by atoms with Crippen LogP contribution in [0.1, 0.15) is 15.9 Å². The van der Waals surface area contributed by atoms with E-state index in [0.29, 0.717) is 10.6 Å². The minimum absolute atomic E-state index is 0.0532. The molecule has 0 saturated carbocycles. The summed E-state index contributed by atoms with van der Waals surface area (Å²) in [5.41, 5.74) is 0.565. The van der Waals surface area contributed by atoms with Crippen LogP contribution in [0.15, 0.2) is 53.7 Å². The van der Waals surface area contributed by atoms with Crippen molar-refractivity contribution in [3.05, 3.63) is 74.8 Å². The van der Waals surface area contributed by atoms with Crippen LogP contribution >= 0.6 is 11.6 Å². The molecule has 0 unspecified atom stereocenters. The van der Waals surface area contributed by atoms with E-state index in [1.807, 2.05) is 0 Å². The summed E-state index contributed by atoms with van der Waals surface area (Å²) in [7, 11) is 0. The normalized spacial score (nSPS) is 10.5. The highest BCUT2D eigenvalue weighted by atomic mass is 35.5. The Labute approximate surface area is 124 Å². The highest BCUT2D eigenvalue weighted by molar-refractivity contribution is 6.30. The first kappa shape index (κ1) is 14.7. The fraction of sp³-hybridized carbons (Fsp3) is 0. The van der Waals surface area contributed by atoms with Crippen molar-refractivity contribution in [2.24, 2.45) is 5.16 Å². The smallest absolute Gasteiger partial charge is 0.313 e. The van der Waals surface area contributed by atoms with E-state index in [1.54, 1.807) is 24.3 Å². The molecule has 0 saturated heterocycles. The number of nitro groups is 1. The quantitative estimate of drug-likeness (QED) is 0.375. The zero-order valence-corrected chi connectivity index (χ0v) is 11.4. The van der Waals surface area contributed by atoms with Crippen LogP contribution in [0.3, 0.4) is 0 Å². The first-order valence-electron chi connectivity index (χ1n) is 5.81. The Morgan fingerprint density at radius 3 is 2.62 bits per heavy atom. The van der Waals surface area contributed by atoms with E-state index < -0.39 is 10.9 Å². The molecule has 2 rings (SSSR count).